The molecule has 3 nitrogen and oxygen atoms in total. The summed E-state index contributed by atoms with van der Waals surface area (Å²) in [6, 6.07) is 47.6. The average Bonchev–Trinajstić information content (AvgIpc) is 3.61. The van der Waals surface area contributed by atoms with Crippen LogP contribution >= 0.6 is 0 Å². The standard InChI is InChI=1S/C54H51NO2/c1-52(2)24-25-53(3,4)45-32-40(21-22-43(45)52)55(47-13-9-11-42-41-10-5-7-14-48(41)57-51(42)47)39-19-16-35(17-20-39)36-18-23-50-46(31-36)54(44-12-6-8-15-49(44)56-50)37-27-33-26-34(29-37)30-38(54)28-33/h5-23,31-34,37-38H,24-30H2,1-4H3. The predicted molar refractivity (Wildman–Crippen MR) is 233 cm³/mol. The summed E-state index contributed by atoms with van der Waals surface area (Å²) in [6.07, 6.45) is 9.22. The maximum absolute atomic E-state index is 6.76. The van der Waals surface area contributed by atoms with Gasteiger partial charge in [0.2, 0.25) is 0 Å². The number of ether oxygens (including phenoxy) is 1. The molecule has 13 rings (SSSR count). The summed E-state index contributed by atoms with van der Waals surface area (Å²) in [4.78, 5) is 2.42. The number of hydrogen-bond donors (Lipinski definition) is 0. The van der Waals surface area contributed by atoms with Gasteiger partial charge in [-0.1, -0.05) is 100 Å². The van der Waals surface area contributed by atoms with Crippen LogP contribution in [0.5, 0.6) is 11.5 Å². The van der Waals surface area contributed by atoms with Crippen molar-refractivity contribution in [1.82, 2.24) is 0 Å². The molecule has 0 radical (unpaired) electrons. The zero-order valence-corrected chi connectivity index (χ0v) is 33.6. The highest BCUT2D eigenvalue weighted by atomic mass is 16.5. The molecule has 0 N–H and O–H groups in total. The molecule has 1 aliphatic heterocycles. The minimum Gasteiger partial charge on any atom is -0.457 e. The molecule has 4 bridgehead atoms. The lowest BCUT2D eigenvalue weighted by Gasteiger charge is -2.63. The van der Waals surface area contributed by atoms with Crippen molar-refractivity contribution in [3.05, 3.63) is 150 Å². The number of fused-ring (bicyclic) bond motifs is 6. The fraction of sp³-hybridized carbons (Fsp3) is 0.333. The van der Waals surface area contributed by atoms with Gasteiger partial charge in [-0.3, -0.25) is 0 Å². The highest BCUT2D eigenvalue weighted by Crippen LogP contribution is 2.69. The molecular weight excluding hydrogens is 695 g/mol. The number of rotatable bonds is 4. The predicted octanol–water partition coefficient (Wildman–Crippen LogP) is 14.9. The van der Waals surface area contributed by atoms with Gasteiger partial charge in [0.05, 0.1) is 5.69 Å². The number of anilines is 3. The van der Waals surface area contributed by atoms with Gasteiger partial charge in [-0.2, -0.15) is 0 Å². The summed E-state index contributed by atoms with van der Waals surface area (Å²) in [5, 5.41) is 2.29. The highest BCUT2D eigenvalue weighted by molar-refractivity contribution is 6.10. The Labute approximate surface area is 336 Å². The summed E-state index contributed by atoms with van der Waals surface area (Å²) < 4.78 is 13.5. The molecule has 0 unspecified atom stereocenters. The quantitative estimate of drug-likeness (QED) is 0.179. The SMILES string of the molecule is CC1(C)CCC(C)(C)c2cc(N(c3ccc(-c4ccc5c(c4)C4(c6ccccc6O5)C5CC6CC(C5)CC4C6)cc3)c3cccc4c3oc3ccccc34)ccc21. The van der Waals surface area contributed by atoms with Gasteiger partial charge >= 0.3 is 0 Å². The van der Waals surface area contributed by atoms with E-state index in [2.05, 4.69) is 160 Å². The van der Waals surface area contributed by atoms with E-state index in [9.17, 15) is 0 Å². The van der Waals surface area contributed by atoms with Crippen LogP contribution in [0, 0.1) is 23.7 Å². The fourth-order valence-corrected chi connectivity index (χ4v) is 12.9. The molecule has 0 atom stereocenters. The van der Waals surface area contributed by atoms with Gasteiger partial charge in [0, 0.05) is 38.7 Å². The molecule has 4 fully saturated rings. The van der Waals surface area contributed by atoms with Gasteiger partial charge in [0.15, 0.2) is 5.58 Å². The third kappa shape index (κ3) is 4.84. The summed E-state index contributed by atoms with van der Waals surface area (Å²) in [7, 11) is 0. The van der Waals surface area contributed by atoms with Crippen molar-refractivity contribution < 1.29 is 9.15 Å². The maximum Gasteiger partial charge on any atom is 0.159 e. The van der Waals surface area contributed by atoms with Crippen LogP contribution in [-0.4, -0.2) is 0 Å². The molecule has 0 amide bonds. The number of nitrogens with zero attached hydrogens (tertiary/aromatic N) is 1. The normalized spacial score (nSPS) is 25.9. The van der Waals surface area contributed by atoms with Crippen LogP contribution in [0.2, 0.25) is 0 Å². The molecule has 1 spiro atoms. The Morgan fingerprint density at radius 1 is 0.509 bits per heavy atom. The first-order valence-electron chi connectivity index (χ1n) is 21.6. The summed E-state index contributed by atoms with van der Waals surface area (Å²) >= 11 is 0. The first-order valence-corrected chi connectivity index (χ1v) is 21.6. The van der Waals surface area contributed by atoms with E-state index in [1.807, 2.05) is 0 Å². The van der Waals surface area contributed by atoms with E-state index in [1.54, 1.807) is 0 Å². The van der Waals surface area contributed by atoms with E-state index >= 15 is 0 Å². The van der Waals surface area contributed by atoms with Crippen LogP contribution in [0.3, 0.4) is 0 Å². The second kappa shape index (κ2) is 11.9. The Morgan fingerprint density at radius 2 is 1.16 bits per heavy atom. The summed E-state index contributed by atoms with van der Waals surface area (Å²) in [6.45, 7) is 9.64. The van der Waals surface area contributed by atoms with Crippen molar-refractivity contribution in [2.24, 2.45) is 23.7 Å². The second-order valence-electron chi connectivity index (χ2n) is 19.6. The summed E-state index contributed by atoms with van der Waals surface area (Å²) in [5.41, 5.74) is 13.7. The van der Waals surface area contributed by atoms with Crippen LogP contribution in [0.15, 0.2) is 132 Å². The number of hydrogen-bond acceptors (Lipinski definition) is 3. The van der Waals surface area contributed by atoms with E-state index in [0.717, 1.165) is 62.3 Å². The van der Waals surface area contributed by atoms with Crippen LogP contribution < -0.4 is 9.64 Å². The largest absolute Gasteiger partial charge is 0.457 e. The Kier molecular flexibility index (Phi) is 7.05. The minimum absolute atomic E-state index is 0.0321. The summed E-state index contributed by atoms with van der Waals surface area (Å²) in [5.74, 6) is 5.28. The number of para-hydroxylation sites is 3. The van der Waals surface area contributed by atoms with Gasteiger partial charge < -0.3 is 14.1 Å². The molecule has 2 heterocycles. The lowest BCUT2D eigenvalue weighted by molar-refractivity contribution is -0.0452. The molecule has 284 valence electrons. The molecule has 6 aliphatic rings. The van der Waals surface area contributed by atoms with E-state index < -0.39 is 0 Å². The van der Waals surface area contributed by atoms with E-state index in [4.69, 9.17) is 9.15 Å². The minimum atomic E-state index is 0.0321. The third-order valence-electron chi connectivity index (χ3n) is 15.6. The molecule has 57 heavy (non-hydrogen) atoms. The second-order valence-corrected chi connectivity index (χ2v) is 19.6. The zero-order valence-electron chi connectivity index (χ0n) is 33.6. The van der Waals surface area contributed by atoms with E-state index in [-0.39, 0.29) is 16.2 Å². The lowest BCUT2D eigenvalue weighted by atomic mass is 9.41. The van der Waals surface area contributed by atoms with Crippen molar-refractivity contribution in [3.8, 4) is 22.6 Å². The van der Waals surface area contributed by atoms with E-state index in [1.165, 1.54) is 78.3 Å². The van der Waals surface area contributed by atoms with Crippen molar-refractivity contribution in [3.63, 3.8) is 0 Å². The lowest BCUT2D eigenvalue weighted by Crippen LogP contribution is -2.56. The van der Waals surface area contributed by atoms with Crippen molar-refractivity contribution >= 4 is 39.0 Å². The topological polar surface area (TPSA) is 25.6 Å². The van der Waals surface area contributed by atoms with Gasteiger partial charge in [-0.05, 0) is 156 Å². The van der Waals surface area contributed by atoms with Gasteiger partial charge in [-0.15, -0.1) is 0 Å². The van der Waals surface area contributed by atoms with Crippen molar-refractivity contribution in [2.45, 2.75) is 88.9 Å². The Balaban J connectivity index is 0.995. The van der Waals surface area contributed by atoms with Crippen LogP contribution in [0.25, 0.3) is 33.1 Å². The molecule has 0 saturated heterocycles. The van der Waals surface area contributed by atoms with Crippen LogP contribution in [0.4, 0.5) is 17.1 Å². The molecule has 4 saturated carbocycles. The van der Waals surface area contributed by atoms with Gasteiger partial charge in [0.25, 0.3) is 0 Å². The van der Waals surface area contributed by atoms with E-state index in [0.29, 0.717) is 11.8 Å². The molecular formula is C54H51NO2. The van der Waals surface area contributed by atoms with Gasteiger partial charge in [0.1, 0.15) is 17.1 Å². The number of furan rings is 1. The Morgan fingerprint density at radius 3 is 1.95 bits per heavy atom. The Hall–Kier alpha value is -5.28. The van der Waals surface area contributed by atoms with Crippen molar-refractivity contribution in [1.29, 1.82) is 0 Å². The highest BCUT2D eigenvalue weighted by Gasteiger charge is 2.61. The average molecular weight is 746 g/mol. The number of benzene rings is 6. The molecule has 3 heteroatoms. The smallest absolute Gasteiger partial charge is 0.159 e. The zero-order chi connectivity index (χ0) is 38.3. The van der Waals surface area contributed by atoms with Gasteiger partial charge in [-0.25, -0.2) is 0 Å². The molecule has 7 aromatic rings. The molecule has 5 aliphatic carbocycles. The molecule has 1 aromatic heterocycles. The molecule has 6 aromatic carbocycles. The third-order valence-corrected chi connectivity index (χ3v) is 15.6. The van der Waals surface area contributed by atoms with Crippen LogP contribution in [-0.2, 0) is 16.2 Å². The first kappa shape index (κ1) is 33.8. The maximum atomic E-state index is 6.76. The van der Waals surface area contributed by atoms with Crippen molar-refractivity contribution in [2.75, 3.05) is 4.90 Å². The van der Waals surface area contributed by atoms with Crippen LogP contribution in [0.1, 0.15) is 94.9 Å². The monoisotopic (exact) mass is 745 g/mol. The Bertz CT molecular complexity index is 2720. The fourth-order valence-electron chi connectivity index (χ4n) is 12.9. The first-order chi connectivity index (χ1) is 27.7.